The molecule has 1 saturated carbocycles. The maximum absolute atomic E-state index is 12.5. The van der Waals surface area contributed by atoms with Crippen molar-refractivity contribution in [1.82, 2.24) is 4.72 Å². The van der Waals surface area contributed by atoms with Crippen LogP contribution in [0.25, 0.3) is 0 Å². The Morgan fingerprint density at radius 3 is 2.56 bits per heavy atom. The Balaban J connectivity index is 1.62. The molecule has 3 rings (SSSR count). The summed E-state index contributed by atoms with van der Waals surface area (Å²) >= 11 is 0. The van der Waals surface area contributed by atoms with Crippen molar-refractivity contribution in [2.45, 2.75) is 48.9 Å². The molecule has 0 unspecified atom stereocenters. The largest absolute Gasteiger partial charge is 0.493 e. The van der Waals surface area contributed by atoms with Crippen molar-refractivity contribution in [3.05, 3.63) is 18.2 Å². The maximum Gasteiger partial charge on any atom is 0.240 e. The molecule has 1 aromatic rings. The van der Waals surface area contributed by atoms with Gasteiger partial charge in [-0.3, -0.25) is 0 Å². The lowest BCUT2D eigenvalue weighted by Gasteiger charge is -2.31. The zero-order chi connectivity index (χ0) is 17.9. The topological polar surface area (TPSA) is 83.1 Å². The van der Waals surface area contributed by atoms with Crippen LogP contribution in [0.3, 0.4) is 0 Å². The lowest BCUT2D eigenvalue weighted by Crippen LogP contribution is -2.37. The first kappa shape index (κ1) is 18.4. The first-order chi connectivity index (χ1) is 12.0. The summed E-state index contributed by atoms with van der Waals surface area (Å²) in [5.74, 6) is 0.345. The summed E-state index contributed by atoms with van der Waals surface area (Å²) < 4.78 is 49.8. The molecule has 2 fully saturated rings. The molecule has 8 heteroatoms. The van der Waals surface area contributed by atoms with Crippen LogP contribution in [0.4, 0.5) is 0 Å². The molecule has 1 aliphatic carbocycles. The van der Waals surface area contributed by atoms with Crippen LogP contribution < -0.4 is 14.2 Å². The zero-order valence-corrected chi connectivity index (χ0v) is 15.4. The average Bonchev–Trinajstić information content (AvgIpc) is 3.02. The molecule has 0 amide bonds. The molecular formula is C17H25NO6S. The maximum atomic E-state index is 12.5. The molecule has 2 aliphatic rings. The molecule has 0 radical (unpaired) electrons. The predicted molar refractivity (Wildman–Crippen MR) is 91.4 cm³/mol. The van der Waals surface area contributed by atoms with E-state index >= 15 is 0 Å². The summed E-state index contributed by atoms with van der Waals surface area (Å²) in [6.07, 6.45) is 4.87. The van der Waals surface area contributed by atoms with Gasteiger partial charge in [0.2, 0.25) is 10.0 Å². The van der Waals surface area contributed by atoms with E-state index in [1.807, 2.05) is 0 Å². The Morgan fingerprint density at radius 2 is 1.88 bits per heavy atom. The molecule has 25 heavy (non-hydrogen) atoms. The van der Waals surface area contributed by atoms with Crippen molar-refractivity contribution < 1.29 is 27.4 Å². The van der Waals surface area contributed by atoms with Crippen LogP contribution in [0.5, 0.6) is 11.5 Å². The highest BCUT2D eigenvalue weighted by molar-refractivity contribution is 7.89. The number of ether oxygens (including phenoxy) is 4. The van der Waals surface area contributed by atoms with Crippen molar-refractivity contribution >= 4 is 10.0 Å². The number of rotatable bonds is 6. The van der Waals surface area contributed by atoms with Gasteiger partial charge in [0.15, 0.2) is 17.3 Å². The minimum atomic E-state index is -3.67. The quantitative estimate of drug-likeness (QED) is 0.824. The zero-order valence-electron chi connectivity index (χ0n) is 14.6. The van der Waals surface area contributed by atoms with E-state index in [0.717, 1.165) is 25.7 Å². The van der Waals surface area contributed by atoms with Crippen molar-refractivity contribution in [3.63, 3.8) is 0 Å². The smallest absolute Gasteiger partial charge is 0.240 e. The summed E-state index contributed by atoms with van der Waals surface area (Å²) in [4.78, 5) is 0.122. The van der Waals surface area contributed by atoms with Crippen LogP contribution >= 0.6 is 0 Å². The van der Waals surface area contributed by atoms with Crippen LogP contribution in [0.2, 0.25) is 0 Å². The molecule has 7 nitrogen and oxygen atoms in total. The van der Waals surface area contributed by atoms with Crippen molar-refractivity contribution in [1.29, 1.82) is 0 Å². The van der Waals surface area contributed by atoms with E-state index < -0.39 is 15.8 Å². The first-order valence-corrected chi connectivity index (χ1v) is 10.00. The second kappa shape index (κ2) is 7.49. The van der Waals surface area contributed by atoms with E-state index in [-0.39, 0.29) is 17.5 Å². The van der Waals surface area contributed by atoms with Crippen LogP contribution in [0.15, 0.2) is 23.1 Å². The normalized spacial score (nSPS) is 22.9. The van der Waals surface area contributed by atoms with Gasteiger partial charge in [-0.05, 0) is 25.0 Å². The fourth-order valence-corrected chi connectivity index (χ4v) is 4.42. The molecule has 1 spiro atoms. The highest BCUT2D eigenvalue weighted by Gasteiger charge is 2.42. The van der Waals surface area contributed by atoms with Crippen LogP contribution in [-0.2, 0) is 19.5 Å². The predicted octanol–water partition coefficient (Wildman–Crippen LogP) is 2.06. The van der Waals surface area contributed by atoms with Crippen LogP contribution in [0.1, 0.15) is 32.1 Å². The highest BCUT2D eigenvalue weighted by atomic mass is 32.2. The van der Waals surface area contributed by atoms with Crippen molar-refractivity contribution in [3.8, 4) is 11.5 Å². The summed E-state index contributed by atoms with van der Waals surface area (Å²) in [7, 11) is -0.699. The van der Waals surface area contributed by atoms with E-state index in [0.29, 0.717) is 18.1 Å². The van der Waals surface area contributed by atoms with E-state index in [4.69, 9.17) is 18.9 Å². The standard InChI is InChI=1S/C17H25NO6S/c1-21-15-7-6-14(10-16(15)22-2)25(19,20)18-11-13-12-23-17(24-13)8-4-3-5-9-17/h6-7,10,13,18H,3-5,8-9,11-12H2,1-2H3/t13-/m0/s1. The molecular weight excluding hydrogens is 346 g/mol. The number of hydrogen-bond donors (Lipinski definition) is 1. The van der Waals surface area contributed by atoms with Crippen LogP contribution in [0, 0.1) is 0 Å². The molecule has 1 N–H and O–H groups in total. The molecule has 0 aromatic heterocycles. The van der Waals surface area contributed by atoms with Gasteiger partial charge < -0.3 is 18.9 Å². The van der Waals surface area contributed by atoms with Crippen molar-refractivity contribution in [2.24, 2.45) is 0 Å². The third kappa shape index (κ3) is 4.08. The molecule has 1 aliphatic heterocycles. The third-order valence-electron chi connectivity index (χ3n) is 4.70. The summed E-state index contributed by atoms with van der Waals surface area (Å²) in [5, 5.41) is 0. The van der Waals surface area contributed by atoms with Gasteiger partial charge in [0.1, 0.15) is 0 Å². The van der Waals surface area contributed by atoms with Gasteiger partial charge in [-0.25, -0.2) is 13.1 Å². The Kier molecular flexibility index (Phi) is 5.52. The Hall–Kier alpha value is -1.35. The Bertz CT molecular complexity index is 699. The van der Waals surface area contributed by atoms with E-state index in [2.05, 4.69) is 4.72 Å². The fourth-order valence-electron chi connectivity index (χ4n) is 3.34. The highest BCUT2D eigenvalue weighted by Crippen LogP contribution is 2.37. The van der Waals surface area contributed by atoms with Gasteiger partial charge in [-0.2, -0.15) is 0 Å². The number of hydrogen-bond acceptors (Lipinski definition) is 6. The third-order valence-corrected chi connectivity index (χ3v) is 6.12. The van der Waals surface area contributed by atoms with Gasteiger partial charge >= 0.3 is 0 Å². The Morgan fingerprint density at radius 1 is 1.16 bits per heavy atom. The lowest BCUT2D eigenvalue weighted by atomic mass is 9.94. The molecule has 1 heterocycles. The van der Waals surface area contributed by atoms with Crippen LogP contribution in [-0.4, -0.2) is 47.7 Å². The lowest BCUT2D eigenvalue weighted by molar-refractivity contribution is -0.186. The fraction of sp³-hybridized carbons (Fsp3) is 0.647. The van der Waals surface area contributed by atoms with Gasteiger partial charge in [0.05, 0.1) is 31.8 Å². The summed E-state index contributed by atoms with van der Waals surface area (Å²) in [6.45, 7) is 0.590. The minimum Gasteiger partial charge on any atom is -0.493 e. The van der Waals surface area contributed by atoms with Crippen molar-refractivity contribution in [2.75, 3.05) is 27.4 Å². The van der Waals surface area contributed by atoms with E-state index in [1.165, 1.54) is 32.8 Å². The second-order valence-corrected chi connectivity index (χ2v) is 8.16. The summed E-state index contributed by atoms with van der Waals surface area (Å²) in [6, 6.07) is 4.49. The molecule has 0 bridgehead atoms. The van der Waals surface area contributed by atoms with Gasteiger partial charge in [0.25, 0.3) is 0 Å². The molecule has 1 saturated heterocycles. The average molecular weight is 371 g/mol. The minimum absolute atomic E-state index is 0.122. The number of methoxy groups -OCH3 is 2. The van der Waals surface area contributed by atoms with E-state index in [9.17, 15) is 8.42 Å². The first-order valence-electron chi connectivity index (χ1n) is 8.51. The Labute approximate surface area is 148 Å². The number of sulfonamides is 1. The molecule has 140 valence electrons. The monoisotopic (exact) mass is 371 g/mol. The number of benzene rings is 1. The SMILES string of the molecule is COc1ccc(S(=O)(=O)NC[C@H]2COC3(CCCCC3)O2)cc1OC. The summed E-state index contributed by atoms with van der Waals surface area (Å²) in [5.41, 5.74) is 0. The second-order valence-electron chi connectivity index (χ2n) is 6.39. The molecule has 1 atom stereocenters. The van der Waals surface area contributed by atoms with Gasteiger partial charge in [-0.15, -0.1) is 0 Å². The van der Waals surface area contributed by atoms with Gasteiger partial charge in [-0.1, -0.05) is 6.42 Å². The molecule has 1 aromatic carbocycles. The number of nitrogens with one attached hydrogen (secondary N) is 1. The van der Waals surface area contributed by atoms with E-state index in [1.54, 1.807) is 6.07 Å². The van der Waals surface area contributed by atoms with Gasteiger partial charge in [0, 0.05) is 25.5 Å².